The predicted octanol–water partition coefficient (Wildman–Crippen LogP) is 3.38. The molecule has 3 heterocycles. The molecule has 0 atom stereocenters. The normalized spacial score (nSPS) is 17.1. The van der Waals surface area contributed by atoms with Gasteiger partial charge in [-0.25, -0.2) is 4.79 Å². The van der Waals surface area contributed by atoms with Gasteiger partial charge >= 0.3 is 5.63 Å². The summed E-state index contributed by atoms with van der Waals surface area (Å²) in [5, 5.41) is 11.4. The van der Waals surface area contributed by atoms with Crippen LogP contribution in [0.15, 0.2) is 39.5 Å². The van der Waals surface area contributed by atoms with Crippen molar-refractivity contribution in [1.82, 2.24) is 9.80 Å². The van der Waals surface area contributed by atoms with Gasteiger partial charge in [0.15, 0.2) is 11.5 Å². The zero-order chi connectivity index (χ0) is 22.2. The Morgan fingerprint density at radius 3 is 2.44 bits per heavy atom. The number of hydrogen-bond acceptors (Lipinski definition) is 7. The molecule has 0 spiro atoms. The highest BCUT2D eigenvalue weighted by molar-refractivity contribution is 5.90. The standard InChI is InChI=1S/C25H28N2O5/c1-3-26-8-10-27(11-9-26)15-19-20(28)6-5-18-16(2)23(25(29)32-24(18)19)17-4-7-21-22(14-17)31-13-12-30-21/h4-7,14,28H,3,8-13,15H2,1-2H3. The van der Waals surface area contributed by atoms with E-state index in [1.807, 2.05) is 31.2 Å². The Morgan fingerprint density at radius 2 is 1.69 bits per heavy atom. The average molecular weight is 437 g/mol. The second-order valence-corrected chi connectivity index (χ2v) is 8.40. The minimum Gasteiger partial charge on any atom is -0.507 e. The molecule has 1 N–H and O–H groups in total. The molecule has 3 aromatic rings. The highest BCUT2D eigenvalue weighted by Crippen LogP contribution is 2.37. The molecule has 0 aliphatic carbocycles. The molecule has 32 heavy (non-hydrogen) atoms. The van der Waals surface area contributed by atoms with E-state index < -0.39 is 5.63 Å². The van der Waals surface area contributed by atoms with Crippen LogP contribution in [0.25, 0.3) is 22.1 Å². The summed E-state index contributed by atoms with van der Waals surface area (Å²) in [6.45, 7) is 10.5. The number of benzene rings is 2. The van der Waals surface area contributed by atoms with Crippen molar-refractivity contribution in [3.8, 4) is 28.4 Å². The van der Waals surface area contributed by atoms with Gasteiger partial charge in [0.2, 0.25) is 0 Å². The van der Waals surface area contributed by atoms with Gasteiger partial charge in [-0.15, -0.1) is 0 Å². The van der Waals surface area contributed by atoms with Crippen LogP contribution in [0.5, 0.6) is 17.2 Å². The fourth-order valence-corrected chi connectivity index (χ4v) is 4.63. The SMILES string of the molecule is CCN1CCN(Cc2c(O)ccc3c(C)c(-c4ccc5c(c4)OCCO5)c(=O)oc23)CC1. The summed E-state index contributed by atoms with van der Waals surface area (Å²) >= 11 is 0. The quantitative estimate of drug-likeness (QED) is 0.629. The van der Waals surface area contributed by atoms with Gasteiger partial charge in [-0.1, -0.05) is 13.0 Å². The van der Waals surface area contributed by atoms with Crippen LogP contribution in [0.1, 0.15) is 18.1 Å². The number of phenolic OH excluding ortho intramolecular Hbond substituents is 1. The maximum Gasteiger partial charge on any atom is 0.344 e. The van der Waals surface area contributed by atoms with Gasteiger partial charge < -0.3 is 23.9 Å². The molecule has 1 saturated heterocycles. The minimum absolute atomic E-state index is 0.157. The Hall–Kier alpha value is -3.03. The highest BCUT2D eigenvalue weighted by Gasteiger charge is 2.22. The van der Waals surface area contributed by atoms with E-state index in [-0.39, 0.29) is 5.75 Å². The van der Waals surface area contributed by atoms with Crippen LogP contribution in [0.4, 0.5) is 0 Å². The van der Waals surface area contributed by atoms with E-state index in [0.717, 1.165) is 49.2 Å². The van der Waals surface area contributed by atoms with Crippen molar-refractivity contribution in [2.45, 2.75) is 20.4 Å². The Bertz CT molecular complexity index is 1210. The Balaban J connectivity index is 1.55. The fraction of sp³-hybridized carbons (Fsp3) is 0.400. The summed E-state index contributed by atoms with van der Waals surface area (Å²) < 4.78 is 17.1. The number of nitrogens with zero attached hydrogens (tertiary/aromatic N) is 2. The molecule has 2 aromatic carbocycles. The van der Waals surface area contributed by atoms with Crippen LogP contribution < -0.4 is 15.1 Å². The molecular formula is C25H28N2O5. The van der Waals surface area contributed by atoms with E-state index >= 15 is 0 Å². The minimum atomic E-state index is -0.422. The first kappa shape index (κ1) is 20.8. The van der Waals surface area contributed by atoms with Crippen LogP contribution in [0, 0.1) is 6.92 Å². The van der Waals surface area contributed by atoms with Crippen molar-refractivity contribution >= 4 is 11.0 Å². The summed E-state index contributed by atoms with van der Waals surface area (Å²) in [4.78, 5) is 17.8. The number of rotatable bonds is 4. The van der Waals surface area contributed by atoms with Gasteiger partial charge in [-0.3, -0.25) is 4.90 Å². The number of hydrogen-bond donors (Lipinski definition) is 1. The third-order valence-electron chi connectivity index (χ3n) is 6.54. The molecule has 0 bridgehead atoms. The second-order valence-electron chi connectivity index (χ2n) is 8.40. The number of aromatic hydroxyl groups is 1. The van der Waals surface area contributed by atoms with E-state index in [4.69, 9.17) is 13.9 Å². The van der Waals surface area contributed by atoms with Crippen LogP contribution in [0.3, 0.4) is 0 Å². The van der Waals surface area contributed by atoms with Crippen LogP contribution >= 0.6 is 0 Å². The summed E-state index contributed by atoms with van der Waals surface area (Å²) in [6, 6.07) is 9.02. The first-order chi connectivity index (χ1) is 15.5. The van der Waals surface area contributed by atoms with Crippen molar-refractivity contribution in [2.24, 2.45) is 0 Å². The Labute approximate surface area is 186 Å². The van der Waals surface area contributed by atoms with Gasteiger partial charge in [0, 0.05) is 38.1 Å². The third-order valence-corrected chi connectivity index (χ3v) is 6.54. The highest BCUT2D eigenvalue weighted by atomic mass is 16.6. The largest absolute Gasteiger partial charge is 0.507 e. The number of ether oxygens (including phenoxy) is 2. The van der Waals surface area contributed by atoms with E-state index in [0.29, 0.717) is 48.0 Å². The molecular weight excluding hydrogens is 408 g/mol. The molecule has 1 fully saturated rings. The van der Waals surface area contributed by atoms with Crippen molar-refractivity contribution in [3.63, 3.8) is 0 Å². The summed E-state index contributed by atoms with van der Waals surface area (Å²) in [7, 11) is 0. The van der Waals surface area contributed by atoms with Gasteiger partial charge in [-0.05, 0) is 48.9 Å². The van der Waals surface area contributed by atoms with Crippen molar-refractivity contribution in [2.75, 3.05) is 45.9 Å². The van der Waals surface area contributed by atoms with Gasteiger partial charge in [-0.2, -0.15) is 0 Å². The van der Waals surface area contributed by atoms with Crippen molar-refractivity contribution < 1.29 is 19.0 Å². The molecule has 0 unspecified atom stereocenters. The van der Waals surface area contributed by atoms with E-state index in [2.05, 4.69) is 16.7 Å². The number of fused-ring (bicyclic) bond motifs is 2. The Kier molecular flexibility index (Phi) is 5.53. The maximum absolute atomic E-state index is 13.1. The zero-order valence-electron chi connectivity index (χ0n) is 18.5. The van der Waals surface area contributed by atoms with E-state index in [9.17, 15) is 9.90 Å². The number of phenols is 1. The topological polar surface area (TPSA) is 75.4 Å². The molecule has 7 nitrogen and oxygen atoms in total. The number of aryl methyl sites for hydroxylation is 1. The number of piperazine rings is 1. The smallest absolute Gasteiger partial charge is 0.344 e. The van der Waals surface area contributed by atoms with Crippen LogP contribution in [-0.4, -0.2) is 60.8 Å². The van der Waals surface area contributed by atoms with E-state index in [1.165, 1.54) is 0 Å². The van der Waals surface area contributed by atoms with Gasteiger partial charge in [0.1, 0.15) is 24.5 Å². The van der Waals surface area contributed by atoms with Gasteiger partial charge in [0.25, 0.3) is 0 Å². The molecule has 7 heteroatoms. The van der Waals surface area contributed by atoms with Crippen LogP contribution in [0.2, 0.25) is 0 Å². The summed E-state index contributed by atoms with van der Waals surface area (Å²) in [6.07, 6.45) is 0. The third kappa shape index (κ3) is 3.72. The first-order valence-corrected chi connectivity index (χ1v) is 11.2. The molecule has 0 saturated carbocycles. The lowest BCUT2D eigenvalue weighted by Crippen LogP contribution is -2.45. The second kappa shape index (κ2) is 8.48. The van der Waals surface area contributed by atoms with E-state index in [1.54, 1.807) is 6.07 Å². The molecule has 1 aromatic heterocycles. The maximum atomic E-state index is 13.1. The zero-order valence-corrected chi connectivity index (χ0v) is 18.5. The molecule has 0 radical (unpaired) electrons. The molecule has 0 amide bonds. The molecule has 168 valence electrons. The Morgan fingerprint density at radius 1 is 0.969 bits per heavy atom. The summed E-state index contributed by atoms with van der Waals surface area (Å²) in [5.41, 5.74) is 2.77. The molecule has 5 rings (SSSR count). The van der Waals surface area contributed by atoms with Crippen molar-refractivity contribution in [3.05, 3.63) is 51.9 Å². The molecule has 2 aliphatic rings. The lowest BCUT2D eigenvalue weighted by molar-refractivity contribution is 0.131. The first-order valence-electron chi connectivity index (χ1n) is 11.2. The summed E-state index contributed by atoms with van der Waals surface area (Å²) in [5.74, 6) is 1.47. The average Bonchev–Trinajstić information content (AvgIpc) is 2.81. The monoisotopic (exact) mass is 436 g/mol. The lowest BCUT2D eigenvalue weighted by atomic mass is 9.97. The van der Waals surface area contributed by atoms with Crippen molar-refractivity contribution in [1.29, 1.82) is 0 Å². The number of likely N-dealkylation sites (N-methyl/N-ethyl adjacent to an activating group) is 1. The molecule has 2 aliphatic heterocycles. The fourth-order valence-electron chi connectivity index (χ4n) is 4.63. The van der Waals surface area contributed by atoms with Gasteiger partial charge in [0.05, 0.1) is 11.1 Å². The predicted molar refractivity (Wildman–Crippen MR) is 123 cm³/mol. The van der Waals surface area contributed by atoms with Crippen LogP contribution in [-0.2, 0) is 6.54 Å². The lowest BCUT2D eigenvalue weighted by Gasteiger charge is -2.34.